The highest BCUT2D eigenvalue weighted by Crippen LogP contribution is 2.47. The molecule has 2 heterocycles. The predicted octanol–water partition coefficient (Wildman–Crippen LogP) is 6.54. The van der Waals surface area contributed by atoms with E-state index < -0.39 is 6.23 Å². The van der Waals surface area contributed by atoms with Crippen molar-refractivity contribution in [3.8, 4) is 6.07 Å². The van der Waals surface area contributed by atoms with Crippen LogP contribution < -0.4 is 4.90 Å². The Morgan fingerprint density at radius 1 is 1.11 bits per heavy atom. The number of nitrogens with zero attached hydrogens (tertiary/aromatic N) is 4. The summed E-state index contributed by atoms with van der Waals surface area (Å²) in [5.74, 6) is -0.314. The predicted molar refractivity (Wildman–Crippen MR) is 160 cm³/mol. The molecule has 1 atom stereocenters. The number of rotatable bonds is 4. The normalized spacial score (nSPS) is 20.2. The molecule has 1 amide bonds. The van der Waals surface area contributed by atoms with Crippen molar-refractivity contribution in [1.29, 1.82) is 5.26 Å². The van der Waals surface area contributed by atoms with Gasteiger partial charge in [0.05, 0.1) is 11.1 Å². The molecule has 7 heteroatoms. The van der Waals surface area contributed by atoms with Crippen LogP contribution in [0.15, 0.2) is 59.3 Å². The number of allylic oxidation sites excluding steroid dienone is 5. The monoisotopic (exact) mass is 526 g/mol. The number of carbonyl (C=O) groups excluding carboxylic acids is 1. The number of para-hydroxylation sites is 1. The lowest BCUT2D eigenvalue weighted by Crippen LogP contribution is -2.57. The lowest BCUT2D eigenvalue weighted by Gasteiger charge is -2.40. The first kappa shape index (κ1) is 34.0. The standard InChI is InChI=1S/C24H28N4O2S.3C2H6/c1-6-27-21(29)17(22(30)28(7-2)23(27)31)12-10-11-16(15-25)20-24(3,4)18-13-8-9-14-19(18)26(20)5;3*1-2/h8-14,21,29H,6-7H2,1-5H3;3*1-2H3/b11-10+,17-12-,20-16-;;;. The van der Waals surface area contributed by atoms with E-state index in [1.165, 1.54) is 4.90 Å². The number of aliphatic hydroxyl groups excluding tert-OH is 1. The molecule has 2 aliphatic rings. The van der Waals surface area contributed by atoms with Gasteiger partial charge >= 0.3 is 0 Å². The van der Waals surface area contributed by atoms with Gasteiger partial charge in [-0.3, -0.25) is 9.69 Å². The van der Waals surface area contributed by atoms with Crippen LogP contribution in [0.5, 0.6) is 0 Å². The summed E-state index contributed by atoms with van der Waals surface area (Å²) in [4.78, 5) is 17.9. The molecule has 1 unspecified atom stereocenters. The number of hydrogen-bond acceptors (Lipinski definition) is 5. The maximum atomic E-state index is 12.8. The molecule has 0 aliphatic carbocycles. The maximum Gasteiger partial charge on any atom is 0.260 e. The first-order chi connectivity index (χ1) is 17.7. The van der Waals surface area contributed by atoms with Crippen molar-refractivity contribution in [3.63, 3.8) is 0 Å². The summed E-state index contributed by atoms with van der Waals surface area (Å²) in [5, 5.41) is 20.9. The molecule has 3 rings (SSSR count). The fraction of sp³-hybridized carbons (Fsp3) is 0.500. The van der Waals surface area contributed by atoms with E-state index in [0.29, 0.717) is 23.8 Å². The number of benzene rings is 1. The van der Waals surface area contributed by atoms with Gasteiger partial charge < -0.3 is 14.9 Å². The topological polar surface area (TPSA) is 70.8 Å². The highest BCUT2D eigenvalue weighted by molar-refractivity contribution is 7.80. The van der Waals surface area contributed by atoms with Crippen LogP contribution in [0, 0.1) is 11.3 Å². The maximum absolute atomic E-state index is 12.8. The van der Waals surface area contributed by atoms with Crippen LogP contribution in [0.1, 0.15) is 74.8 Å². The molecule has 204 valence electrons. The second kappa shape index (κ2) is 16.0. The summed E-state index contributed by atoms with van der Waals surface area (Å²) in [6.45, 7) is 20.8. The fourth-order valence-electron chi connectivity index (χ4n) is 4.42. The Bertz CT molecular complexity index is 1050. The molecule has 37 heavy (non-hydrogen) atoms. The minimum atomic E-state index is -1.11. The third kappa shape index (κ3) is 6.88. The zero-order valence-corrected chi connectivity index (χ0v) is 25.4. The van der Waals surface area contributed by atoms with Crippen molar-refractivity contribution in [2.75, 3.05) is 25.0 Å². The third-order valence-corrected chi connectivity index (χ3v) is 6.43. The van der Waals surface area contributed by atoms with Gasteiger partial charge in [0.1, 0.15) is 6.07 Å². The second-order valence-corrected chi connectivity index (χ2v) is 8.41. The van der Waals surface area contributed by atoms with Crippen molar-refractivity contribution in [2.45, 2.75) is 80.9 Å². The van der Waals surface area contributed by atoms with Crippen LogP contribution >= 0.6 is 12.2 Å². The van der Waals surface area contributed by atoms with Gasteiger partial charge in [-0.15, -0.1) is 0 Å². The number of nitriles is 1. The van der Waals surface area contributed by atoms with Gasteiger partial charge in [0.2, 0.25) is 0 Å². The van der Waals surface area contributed by atoms with Crippen LogP contribution in [0.25, 0.3) is 0 Å². The molecule has 0 aromatic heterocycles. The highest BCUT2D eigenvalue weighted by atomic mass is 32.1. The van der Waals surface area contributed by atoms with Crippen molar-refractivity contribution < 1.29 is 9.90 Å². The number of carbonyl (C=O) groups is 1. The molecule has 1 N–H and O–H groups in total. The molecule has 0 radical (unpaired) electrons. The lowest BCUT2D eigenvalue weighted by molar-refractivity contribution is -0.128. The number of fused-ring (bicyclic) bond motifs is 1. The number of hydrogen-bond donors (Lipinski definition) is 1. The van der Waals surface area contributed by atoms with E-state index in [1.54, 1.807) is 23.1 Å². The number of aliphatic hydroxyl groups is 1. The van der Waals surface area contributed by atoms with E-state index in [1.807, 2.05) is 85.5 Å². The summed E-state index contributed by atoms with van der Waals surface area (Å²) in [5.41, 5.74) is 3.54. The molecular weight excluding hydrogens is 480 g/mol. The van der Waals surface area contributed by atoms with E-state index in [9.17, 15) is 15.2 Å². The molecule has 1 saturated heterocycles. The number of likely N-dealkylation sites (N-methyl/N-ethyl adjacent to an activating group) is 3. The fourth-order valence-corrected chi connectivity index (χ4v) is 4.86. The number of anilines is 1. The average molecular weight is 527 g/mol. The van der Waals surface area contributed by atoms with Crippen molar-refractivity contribution in [3.05, 3.63) is 64.9 Å². The first-order valence-corrected chi connectivity index (χ1v) is 13.8. The molecule has 0 spiro atoms. The van der Waals surface area contributed by atoms with E-state index in [4.69, 9.17) is 12.2 Å². The Kier molecular flexibility index (Phi) is 14.7. The Hall–Kier alpha value is -2.95. The minimum absolute atomic E-state index is 0.234. The number of amides is 1. The molecule has 2 aliphatic heterocycles. The minimum Gasteiger partial charge on any atom is -0.369 e. The van der Waals surface area contributed by atoms with E-state index in [2.05, 4.69) is 26.0 Å². The molecule has 6 nitrogen and oxygen atoms in total. The van der Waals surface area contributed by atoms with E-state index >= 15 is 0 Å². The van der Waals surface area contributed by atoms with Gasteiger partial charge in [-0.25, -0.2) is 0 Å². The summed E-state index contributed by atoms with van der Waals surface area (Å²) in [6.07, 6.45) is 3.83. The quantitative estimate of drug-likeness (QED) is 0.273. The van der Waals surface area contributed by atoms with Crippen LogP contribution in [0.2, 0.25) is 0 Å². The zero-order valence-electron chi connectivity index (χ0n) is 24.6. The molecule has 1 aromatic carbocycles. The van der Waals surface area contributed by atoms with Gasteiger partial charge in [-0.2, -0.15) is 5.26 Å². The Balaban J connectivity index is 0.00000201. The molecule has 0 bridgehead atoms. The van der Waals surface area contributed by atoms with Crippen LogP contribution in [-0.4, -0.2) is 52.3 Å². The lowest BCUT2D eigenvalue weighted by atomic mass is 9.82. The average Bonchev–Trinajstić information content (AvgIpc) is 3.13. The second-order valence-electron chi connectivity index (χ2n) is 8.05. The van der Waals surface area contributed by atoms with Gasteiger partial charge in [0.25, 0.3) is 5.91 Å². The highest BCUT2D eigenvalue weighted by Gasteiger charge is 2.40. The van der Waals surface area contributed by atoms with E-state index in [-0.39, 0.29) is 16.9 Å². The Morgan fingerprint density at radius 2 is 1.68 bits per heavy atom. The Morgan fingerprint density at radius 3 is 2.16 bits per heavy atom. The number of thiocarbonyl (C=S) groups is 1. The Labute approximate surface area is 230 Å². The molecule has 1 aromatic rings. The third-order valence-electron chi connectivity index (χ3n) is 5.98. The zero-order chi connectivity index (χ0) is 28.9. The summed E-state index contributed by atoms with van der Waals surface area (Å²) in [7, 11) is 1.96. The van der Waals surface area contributed by atoms with Gasteiger partial charge in [-0.1, -0.05) is 79.7 Å². The summed E-state index contributed by atoms with van der Waals surface area (Å²) < 4.78 is 0. The van der Waals surface area contributed by atoms with Crippen LogP contribution in [-0.2, 0) is 10.2 Å². The van der Waals surface area contributed by atoms with Gasteiger partial charge in [0.15, 0.2) is 11.3 Å². The summed E-state index contributed by atoms with van der Waals surface area (Å²) >= 11 is 5.34. The van der Waals surface area contributed by atoms with Crippen molar-refractivity contribution in [1.82, 2.24) is 9.80 Å². The molecular formula is C30H46N4O2S. The SMILES string of the molecule is CC.CC.CC.CCN1C(=O)\C(=C/C=C/C(C#N)=C2/N(C)c3ccccc3C2(C)C)C(O)N(CC)C1=S. The van der Waals surface area contributed by atoms with Crippen molar-refractivity contribution >= 4 is 28.9 Å². The smallest absolute Gasteiger partial charge is 0.260 e. The molecule has 1 fully saturated rings. The van der Waals surface area contributed by atoms with Crippen molar-refractivity contribution in [2.24, 2.45) is 0 Å². The molecule has 0 saturated carbocycles. The van der Waals surface area contributed by atoms with Gasteiger partial charge in [0, 0.05) is 36.9 Å². The van der Waals surface area contributed by atoms with Gasteiger partial charge in [-0.05, 0) is 49.8 Å². The summed E-state index contributed by atoms with van der Waals surface area (Å²) in [6, 6.07) is 10.4. The van der Waals surface area contributed by atoms with Crippen LogP contribution in [0.4, 0.5) is 5.69 Å². The van der Waals surface area contributed by atoms with E-state index in [0.717, 1.165) is 16.9 Å². The largest absolute Gasteiger partial charge is 0.369 e. The first-order valence-electron chi connectivity index (χ1n) is 13.4. The van der Waals surface area contributed by atoms with Crippen LogP contribution in [0.3, 0.4) is 0 Å².